The number of amides is 1. The zero-order valence-electron chi connectivity index (χ0n) is 17.1. The van der Waals surface area contributed by atoms with Crippen molar-refractivity contribution in [3.63, 3.8) is 0 Å². The van der Waals surface area contributed by atoms with E-state index in [1.54, 1.807) is 19.6 Å². The molecule has 2 heterocycles. The Morgan fingerprint density at radius 2 is 2.07 bits per heavy atom. The van der Waals surface area contributed by atoms with E-state index in [9.17, 15) is 4.79 Å². The Kier molecular flexibility index (Phi) is 6.12. The van der Waals surface area contributed by atoms with Gasteiger partial charge in [0.2, 0.25) is 5.91 Å². The molecule has 2 aromatic rings. The maximum atomic E-state index is 12.7. The quantitative estimate of drug-likeness (QED) is 0.603. The molecule has 154 valence electrons. The lowest BCUT2D eigenvalue weighted by molar-refractivity contribution is -0.134. The van der Waals surface area contributed by atoms with Gasteiger partial charge in [0.15, 0.2) is 5.96 Å². The topological polar surface area (TPSA) is 74.6 Å². The minimum Gasteiger partial charge on any atom is -0.352 e. The number of imidazole rings is 1. The Morgan fingerprint density at radius 1 is 1.24 bits per heavy atom. The highest BCUT2D eigenvalue weighted by Gasteiger charge is 2.32. The van der Waals surface area contributed by atoms with Crippen LogP contribution >= 0.6 is 0 Å². The smallest absolute Gasteiger partial charge is 0.225 e. The first-order valence-electron chi connectivity index (χ1n) is 10.6. The highest BCUT2D eigenvalue weighted by molar-refractivity contribution is 5.81. The average Bonchev–Trinajstić information content (AvgIpc) is 3.53. The number of likely N-dealkylation sites (tertiary alicyclic amines) is 1. The molecule has 29 heavy (non-hydrogen) atoms. The van der Waals surface area contributed by atoms with Crippen molar-refractivity contribution in [1.29, 1.82) is 0 Å². The molecule has 1 saturated carbocycles. The summed E-state index contributed by atoms with van der Waals surface area (Å²) in [5, 5.41) is 6.91. The van der Waals surface area contributed by atoms with Gasteiger partial charge in [0, 0.05) is 51.0 Å². The highest BCUT2D eigenvalue weighted by atomic mass is 16.2. The number of aliphatic imine (C=N–C) groups is 1. The monoisotopic (exact) mass is 394 g/mol. The number of nitrogens with zero attached hydrogens (tertiary/aromatic N) is 4. The van der Waals surface area contributed by atoms with E-state index >= 15 is 0 Å². The van der Waals surface area contributed by atoms with Crippen molar-refractivity contribution in [3.8, 4) is 5.69 Å². The number of nitrogens with one attached hydrogen (secondary N) is 2. The molecule has 1 aliphatic carbocycles. The molecule has 1 aliphatic heterocycles. The number of para-hydroxylation sites is 1. The van der Waals surface area contributed by atoms with E-state index < -0.39 is 0 Å². The fourth-order valence-electron chi connectivity index (χ4n) is 4.39. The van der Waals surface area contributed by atoms with Gasteiger partial charge in [-0.1, -0.05) is 31.0 Å². The molecule has 1 aromatic carbocycles. The van der Waals surface area contributed by atoms with Crippen molar-refractivity contribution in [2.24, 2.45) is 10.9 Å². The van der Waals surface area contributed by atoms with Gasteiger partial charge < -0.3 is 20.1 Å². The third-order valence-corrected chi connectivity index (χ3v) is 5.99. The van der Waals surface area contributed by atoms with E-state index in [1.807, 2.05) is 27.8 Å². The number of aromatic nitrogens is 2. The summed E-state index contributed by atoms with van der Waals surface area (Å²) in [5.41, 5.74) is 2.26. The van der Waals surface area contributed by atoms with E-state index in [0.717, 1.165) is 49.6 Å². The molecular formula is C22H30N6O. The fourth-order valence-corrected chi connectivity index (χ4v) is 4.39. The van der Waals surface area contributed by atoms with Crippen molar-refractivity contribution in [2.45, 2.75) is 44.7 Å². The average molecular weight is 395 g/mol. The van der Waals surface area contributed by atoms with E-state index in [-0.39, 0.29) is 12.0 Å². The molecule has 0 radical (unpaired) electrons. The van der Waals surface area contributed by atoms with Crippen molar-refractivity contribution in [3.05, 3.63) is 48.5 Å². The third-order valence-electron chi connectivity index (χ3n) is 5.99. The predicted molar refractivity (Wildman–Crippen MR) is 114 cm³/mol. The minimum atomic E-state index is 0.246. The normalized spacial score (nSPS) is 20.2. The van der Waals surface area contributed by atoms with E-state index in [4.69, 9.17) is 0 Å². The summed E-state index contributed by atoms with van der Waals surface area (Å²) in [5.74, 6) is 1.38. The van der Waals surface area contributed by atoms with Crippen LogP contribution in [0, 0.1) is 5.92 Å². The first-order valence-corrected chi connectivity index (χ1v) is 10.6. The van der Waals surface area contributed by atoms with Crippen LogP contribution in [0.25, 0.3) is 5.69 Å². The van der Waals surface area contributed by atoms with E-state index in [1.165, 1.54) is 12.8 Å². The number of hydrogen-bond donors (Lipinski definition) is 2. The van der Waals surface area contributed by atoms with Crippen LogP contribution in [0.5, 0.6) is 0 Å². The molecule has 2 fully saturated rings. The molecule has 1 aromatic heterocycles. The Bertz CT molecular complexity index is 841. The maximum absolute atomic E-state index is 12.7. The van der Waals surface area contributed by atoms with Crippen molar-refractivity contribution < 1.29 is 4.79 Å². The van der Waals surface area contributed by atoms with Gasteiger partial charge in [-0.15, -0.1) is 0 Å². The van der Waals surface area contributed by atoms with E-state index in [0.29, 0.717) is 12.5 Å². The lowest BCUT2D eigenvalue weighted by Gasteiger charge is -2.21. The molecule has 0 spiro atoms. The second-order valence-corrected chi connectivity index (χ2v) is 7.92. The van der Waals surface area contributed by atoms with Crippen LogP contribution in [-0.2, 0) is 11.3 Å². The number of carbonyl (C=O) groups is 1. The van der Waals surface area contributed by atoms with Gasteiger partial charge in [0.25, 0.3) is 0 Å². The van der Waals surface area contributed by atoms with Gasteiger partial charge in [0.05, 0.1) is 12.0 Å². The summed E-state index contributed by atoms with van der Waals surface area (Å²) in [6, 6.07) is 8.50. The van der Waals surface area contributed by atoms with Crippen molar-refractivity contribution in [2.75, 3.05) is 20.1 Å². The van der Waals surface area contributed by atoms with Gasteiger partial charge in [0.1, 0.15) is 0 Å². The molecule has 4 rings (SSSR count). The zero-order chi connectivity index (χ0) is 20.1. The molecule has 1 atom stereocenters. The molecule has 7 heteroatoms. The van der Waals surface area contributed by atoms with Crippen molar-refractivity contribution >= 4 is 11.9 Å². The maximum Gasteiger partial charge on any atom is 0.225 e. The summed E-state index contributed by atoms with van der Waals surface area (Å²) in [6.07, 6.45) is 11.0. The van der Waals surface area contributed by atoms with Crippen molar-refractivity contribution in [1.82, 2.24) is 25.1 Å². The molecular weight excluding hydrogens is 364 g/mol. The summed E-state index contributed by atoms with van der Waals surface area (Å²) in [4.78, 5) is 23.2. The Balaban J connectivity index is 1.31. The zero-order valence-corrected chi connectivity index (χ0v) is 17.1. The van der Waals surface area contributed by atoms with Gasteiger partial charge in [-0.05, 0) is 30.9 Å². The van der Waals surface area contributed by atoms with Crippen LogP contribution in [0.4, 0.5) is 0 Å². The molecule has 1 amide bonds. The third kappa shape index (κ3) is 4.60. The Hall–Kier alpha value is -2.83. The first kappa shape index (κ1) is 19.5. The number of benzene rings is 1. The minimum absolute atomic E-state index is 0.246. The summed E-state index contributed by atoms with van der Waals surface area (Å²) >= 11 is 0. The Morgan fingerprint density at radius 3 is 2.83 bits per heavy atom. The first-order chi connectivity index (χ1) is 14.2. The summed E-state index contributed by atoms with van der Waals surface area (Å²) in [7, 11) is 1.79. The van der Waals surface area contributed by atoms with Gasteiger partial charge >= 0.3 is 0 Å². The molecule has 1 saturated heterocycles. The summed E-state index contributed by atoms with van der Waals surface area (Å²) in [6.45, 7) is 2.26. The second kappa shape index (κ2) is 9.11. The predicted octanol–water partition coefficient (Wildman–Crippen LogP) is 2.33. The fraction of sp³-hybridized carbons (Fsp3) is 0.500. The van der Waals surface area contributed by atoms with E-state index in [2.05, 4.69) is 32.7 Å². The largest absolute Gasteiger partial charge is 0.352 e. The van der Waals surface area contributed by atoms with Gasteiger partial charge in [-0.2, -0.15) is 0 Å². The molecule has 2 N–H and O–H groups in total. The lowest BCUT2D eigenvalue weighted by Crippen LogP contribution is -2.45. The van der Waals surface area contributed by atoms with Gasteiger partial charge in [-0.25, -0.2) is 4.98 Å². The lowest BCUT2D eigenvalue weighted by atomic mass is 10.1. The molecule has 1 unspecified atom stereocenters. The van der Waals surface area contributed by atoms with Crippen LogP contribution in [0.2, 0.25) is 0 Å². The standard InChI is InChI=1S/C22H30N6O/c1-23-22(25-14-18-8-4-5-9-20(18)28-13-11-24-16-28)26-19-10-12-27(15-19)21(29)17-6-2-3-7-17/h4-5,8-9,11,13,16-17,19H,2-3,6-7,10,12,14-15H2,1H3,(H2,23,25,26). The van der Waals surface area contributed by atoms with Crippen LogP contribution in [0.3, 0.4) is 0 Å². The Labute approximate surface area is 172 Å². The number of rotatable bonds is 5. The number of guanidine groups is 1. The van der Waals surface area contributed by atoms with Crippen LogP contribution in [-0.4, -0.2) is 52.5 Å². The highest BCUT2D eigenvalue weighted by Crippen LogP contribution is 2.27. The summed E-state index contributed by atoms with van der Waals surface area (Å²) < 4.78 is 2.01. The van der Waals surface area contributed by atoms with Gasteiger partial charge in [-0.3, -0.25) is 9.79 Å². The van der Waals surface area contributed by atoms with Crippen LogP contribution in [0.15, 0.2) is 48.0 Å². The molecule has 7 nitrogen and oxygen atoms in total. The molecule has 2 aliphatic rings. The van der Waals surface area contributed by atoms with Crippen LogP contribution in [0.1, 0.15) is 37.7 Å². The second-order valence-electron chi connectivity index (χ2n) is 7.92. The molecule has 0 bridgehead atoms. The number of carbonyl (C=O) groups excluding carboxylic acids is 1. The number of hydrogen-bond acceptors (Lipinski definition) is 3. The van der Waals surface area contributed by atoms with Crippen LogP contribution < -0.4 is 10.6 Å². The SMILES string of the molecule is CN=C(NCc1ccccc1-n1ccnc1)NC1CCN(C(=O)C2CCCC2)C1.